The van der Waals surface area contributed by atoms with Gasteiger partial charge in [-0.1, -0.05) is 47.6 Å². The van der Waals surface area contributed by atoms with Gasteiger partial charge >= 0.3 is 0 Å². The topological polar surface area (TPSA) is 71.5 Å². The Labute approximate surface area is 227 Å². The number of ether oxygens (including phenoxy) is 1. The van der Waals surface area contributed by atoms with E-state index in [1.807, 2.05) is 42.5 Å². The van der Waals surface area contributed by atoms with Crippen LogP contribution in [0.25, 0.3) is 6.08 Å². The van der Waals surface area contributed by atoms with Gasteiger partial charge in [-0.25, -0.2) is 4.98 Å². The van der Waals surface area contributed by atoms with Crippen LogP contribution in [0.15, 0.2) is 113 Å². The maximum absolute atomic E-state index is 13.5. The molecule has 1 saturated heterocycles. The Morgan fingerprint density at radius 2 is 1.59 bits per heavy atom. The molecular weight excluding hydrogens is 526 g/mol. The number of hydrogen-bond acceptors (Lipinski definition) is 6. The third kappa shape index (κ3) is 5.72. The van der Waals surface area contributed by atoms with Gasteiger partial charge in [-0.2, -0.15) is 0 Å². The standard InChI is InChI=1S/C28H18ClN3O3S2/c29-19-8-14-23(15-9-19)37-26-18(5-4-16-30-26)17-24-25(33)31-28(36)32(27(24)34)20-10-12-22(13-11-20)35-21-6-2-1-3-7-21/h1-17H,(H,31,33,36). The predicted octanol–water partition coefficient (Wildman–Crippen LogP) is 6.51. The van der Waals surface area contributed by atoms with Crippen LogP contribution in [-0.2, 0) is 9.59 Å². The molecule has 1 fully saturated rings. The fourth-order valence-corrected chi connectivity index (χ4v) is 4.81. The molecule has 0 aliphatic carbocycles. The summed E-state index contributed by atoms with van der Waals surface area (Å²) < 4.78 is 5.83. The minimum atomic E-state index is -0.568. The van der Waals surface area contributed by atoms with Crippen molar-refractivity contribution in [2.45, 2.75) is 9.92 Å². The highest BCUT2D eigenvalue weighted by Crippen LogP contribution is 2.32. The quantitative estimate of drug-likeness (QED) is 0.170. The molecule has 1 aromatic heterocycles. The van der Waals surface area contributed by atoms with Crippen LogP contribution < -0.4 is 15.0 Å². The smallest absolute Gasteiger partial charge is 0.270 e. The molecule has 2 amide bonds. The van der Waals surface area contributed by atoms with Gasteiger partial charge in [0, 0.05) is 21.7 Å². The number of pyridine rings is 1. The van der Waals surface area contributed by atoms with Crippen LogP contribution in [0.5, 0.6) is 11.5 Å². The lowest BCUT2D eigenvalue weighted by molar-refractivity contribution is -0.122. The summed E-state index contributed by atoms with van der Waals surface area (Å²) in [5.41, 5.74) is 1.08. The molecule has 1 N–H and O–H groups in total. The molecule has 0 saturated carbocycles. The summed E-state index contributed by atoms with van der Waals surface area (Å²) in [6, 6.07) is 27.1. The van der Waals surface area contributed by atoms with Gasteiger partial charge in [0.15, 0.2) is 5.11 Å². The number of halogens is 1. The first-order valence-corrected chi connectivity index (χ1v) is 12.7. The molecule has 1 aliphatic rings. The third-order valence-corrected chi connectivity index (χ3v) is 6.88. The lowest BCUT2D eigenvalue weighted by Gasteiger charge is -2.29. The first-order chi connectivity index (χ1) is 18.0. The van der Waals surface area contributed by atoms with Crippen molar-refractivity contribution in [3.8, 4) is 11.5 Å². The highest BCUT2D eigenvalue weighted by atomic mass is 35.5. The number of nitrogens with one attached hydrogen (secondary N) is 1. The van der Waals surface area contributed by atoms with Crippen molar-refractivity contribution >= 4 is 64.3 Å². The fraction of sp³-hybridized carbons (Fsp3) is 0. The molecule has 0 spiro atoms. The van der Waals surface area contributed by atoms with E-state index in [9.17, 15) is 9.59 Å². The Morgan fingerprint density at radius 3 is 2.32 bits per heavy atom. The van der Waals surface area contributed by atoms with E-state index >= 15 is 0 Å². The first-order valence-electron chi connectivity index (χ1n) is 11.1. The van der Waals surface area contributed by atoms with Crippen LogP contribution >= 0.6 is 35.6 Å². The number of benzene rings is 3. The number of rotatable bonds is 6. The van der Waals surface area contributed by atoms with Crippen LogP contribution in [0.4, 0.5) is 5.69 Å². The van der Waals surface area contributed by atoms with E-state index in [2.05, 4.69) is 10.3 Å². The zero-order valence-corrected chi connectivity index (χ0v) is 21.5. The zero-order chi connectivity index (χ0) is 25.8. The molecule has 37 heavy (non-hydrogen) atoms. The number of nitrogens with zero attached hydrogens (tertiary/aromatic N) is 2. The monoisotopic (exact) mass is 543 g/mol. The number of thiocarbonyl (C=S) groups is 1. The van der Waals surface area contributed by atoms with E-state index in [-0.39, 0.29) is 10.7 Å². The van der Waals surface area contributed by atoms with Crippen molar-refractivity contribution in [3.63, 3.8) is 0 Å². The summed E-state index contributed by atoms with van der Waals surface area (Å²) in [7, 11) is 0. The second-order valence-corrected chi connectivity index (χ2v) is 9.71. The zero-order valence-electron chi connectivity index (χ0n) is 19.1. The van der Waals surface area contributed by atoms with Gasteiger partial charge in [-0.3, -0.25) is 19.8 Å². The summed E-state index contributed by atoms with van der Waals surface area (Å²) in [5.74, 6) is 0.198. The van der Waals surface area contributed by atoms with Crippen molar-refractivity contribution in [3.05, 3.63) is 113 Å². The second-order valence-electron chi connectivity index (χ2n) is 7.82. The van der Waals surface area contributed by atoms with E-state index in [0.29, 0.717) is 32.8 Å². The fourth-order valence-electron chi connectivity index (χ4n) is 3.55. The summed E-state index contributed by atoms with van der Waals surface area (Å²) in [5, 5.41) is 3.89. The Kier molecular flexibility index (Phi) is 7.32. The molecule has 9 heteroatoms. The van der Waals surface area contributed by atoms with Crippen molar-refractivity contribution < 1.29 is 14.3 Å². The van der Waals surface area contributed by atoms with Gasteiger partial charge in [-0.15, -0.1) is 0 Å². The Balaban J connectivity index is 1.41. The molecule has 182 valence electrons. The lowest BCUT2D eigenvalue weighted by atomic mass is 10.1. The van der Waals surface area contributed by atoms with Crippen LogP contribution in [0.3, 0.4) is 0 Å². The van der Waals surface area contributed by atoms with Crippen molar-refractivity contribution in [1.82, 2.24) is 10.3 Å². The predicted molar refractivity (Wildman–Crippen MR) is 149 cm³/mol. The molecule has 0 radical (unpaired) electrons. The molecule has 1 aliphatic heterocycles. The maximum atomic E-state index is 13.5. The van der Waals surface area contributed by atoms with E-state index in [1.54, 1.807) is 54.7 Å². The molecule has 4 aromatic rings. The number of hydrogen-bond donors (Lipinski definition) is 1. The number of para-hydroxylation sites is 1. The lowest BCUT2D eigenvalue weighted by Crippen LogP contribution is -2.54. The van der Waals surface area contributed by atoms with E-state index < -0.39 is 11.8 Å². The van der Waals surface area contributed by atoms with Gasteiger partial charge in [0.1, 0.15) is 22.1 Å². The van der Waals surface area contributed by atoms with Gasteiger partial charge < -0.3 is 4.74 Å². The first kappa shape index (κ1) is 24.7. The minimum absolute atomic E-state index is 0.00540. The van der Waals surface area contributed by atoms with Crippen molar-refractivity contribution in [1.29, 1.82) is 0 Å². The van der Waals surface area contributed by atoms with Crippen molar-refractivity contribution in [2.75, 3.05) is 4.90 Å². The highest BCUT2D eigenvalue weighted by molar-refractivity contribution is 7.99. The van der Waals surface area contributed by atoms with E-state index in [0.717, 1.165) is 4.90 Å². The number of carbonyl (C=O) groups excluding carboxylic acids is 2. The Morgan fingerprint density at radius 1 is 0.892 bits per heavy atom. The minimum Gasteiger partial charge on any atom is -0.457 e. The van der Waals surface area contributed by atoms with Crippen LogP contribution in [-0.4, -0.2) is 21.9 Å². The van der Waals surface area contributed by atoms with E-state index in [4.69, 9.17) is 28.6 Å². The van der Waals surface area contributed by atoms with Crippen molar-refractivity contribution in [2.24, 2.45) is 0 Å². The van der Waals surface area contributed by atoms with Crippen LogP contribution in [0, 0.1) is 0 Å². The summed E-state index contributed by atoms with van der Waals surface area (Å²) in [6.07, 6.45) is 3.19. The molecule has 6 nitrogen and oxygen atoms in total. The molecule has 3 aromatic carbocycles. The third-order valence-electron chi connectivity index (χ3n) is 5.30. The van der Waals surface area contributed by atoms with Crippen LogP contribution in [0.2, 0.25) is 5.02 Å². The SMILES string of the molecule is O=C1NC(=S)N(c2ccc(Oc3ccccc3)cc2)C(=O)C1=Cc1cccnc1Sc1ccc(Cl)cc1. The maximum Gasteiger partial charge on any atom is 0.270 e. The van der Waals surface area contributed by atoms with Gasteiger partial charge in [-0.05, 0) is 85.0 Å². The Bertz CT molecular complexity index is 1510. The largest absolute Gasteiger partial charge is 0.457 e. The van der Waals surface area contributed by atoms with Gasteiger partial charge in [0.05, 0.1) is 5.69 Å². The highest BCUT2D eigenvalue weighted by Gasteiger charge is 2.34. The molecule has 0 unspecified atom stereocenters. The number of aromatic nitrogens is 1. The number of anilines is 1. The molecule has 2 heterocycles. The number of amides is 2. The number of carbonyl (C=O) groups is 2. The molecule has 0 bridgehead atoms. The second kappa shape index (κ2) is 11.0. The Hall–Kier alpha value is -3.98. The van der Waals surface area contributed by atoms with Gasteiger partial charge in [0.25, 0.3) is 11.8 Å². The van der Waals surface area contributed by atoms with Gasteiger partial charge in [0.2, 0.25) is 0 Å². The summed E-state index contributed by atoms with van der Waals surface area (Å²) in [4.78, 5) is 32.9. The summed E-state index contributed by atoms with van der Waals surface area (Å²) >= 11 is 12.7. The molecule has 0 atom stereocenters. The normalized spacial score (nSPS) is 14.6. The summed E-state index contributed by atoms with van der Waals surface area (Å²) in [6.45, 7) is 0. The average molecular weight is 544 g/mol. The average Bonchev–Trinajstić information content (AvgIpc) is 2.90. The molecular formula is C28H18ClN3O3S2. The van der Waals surface area contributed by atoms with E-state index in [1.165, 1.54) is 22.7 Å². The molecule has 5 rings (SSSR count). The van der Waals surface area contributed by atoms with Crippen LogP contribution in [0.1, 0.15) is 5.56 Å².